The van der Waals surface area contributed by atoms with E-state index in [-0.39, 0.29) is 35.2 Å². The van der Waals surface area contributed by atoms with E-state index < -0.39 is 54.4 Å². The molecule has 0 aromatic heterocycles. The molecule has 1 aromatic rings. The number of carbonyl (C=O) groups is 5. The van der Waals surface area contributed by atoms with Crippen LogP contribution < -0.4 is 21.7 Å². The first kappa shape index (κ1) is 25.8. The Hall–Kier alpha value is -3.44. The van der Waals surface area contributed by atoms with Crippen LogP contribution in [-0.2, 0) is 19.2 Å². The standard InChI is InChI=1S/C21H25F3N4O5/c1-10-8-11(19(32)27-10)9-14(17(30)20(33)26-2)12-4-3-5-13(18(25)31)16(12)28-15(29)6-7-21(22,23)24/h3-5,10-11,14H,6-9H2,1-2H3,(H2,25,31)(H,26,33)(H,27,32)(H,28,29)/t10-,11-,14+/m1/s1. The number of ketones is 1. The molecule has 2 rings (SSSR count). The van der Waals surface area contributed by atoms with Gasteiger partial charge in [-0.2, -0.15) is 13.2 Å². The van der Waals surface area contributed by atoms with Crippen molar-refractivity contribution in [2.45, 2.75) is 50.7 Å². The van der Waals surface area contributed by atoms with Gasteiger partial charge in [0.1, 0.15) is 0 Å². The van der Waals surface area contributed by atoms with E-state index >= 15 is 0 Å². The third-order valence-electron chi connectivity index (χ3n) is 5.32. The summed E-state index contributed by atoms with van der Waals surface area (Å²) in [6.45, 7) is 1.77. The largest absolute Gasteiger partial charge is 0.389 e. The molecule has 0 unspecified atom stereocenters. The van der Waals surface area contributed by atoms with Gasteiger partial charge in [-0.3, -0.25) is 24.0 Å². The predicted octanol–water partition coefficient (Wildman–Crippen LogP) is 1.38. The highest BCUT2D eigenvalue weighted by atomic mass is 19.4. The molecule has 1 saturated heterocycles. The van der Waals surface area contributed by atoms with Gasteiger partial charge < -0.3 is 21.7 Å². The molecule has 0 saturated carbocycles. The molecule has 9 nitrogen and oxygen atoms in total. The lowest BCUT2D eigenvalue weighted by molar-refractivity contribution is -0.142. The second-order valence-corrected chi connectivity index (χ2v) is 7.87. The number of hydrogen-bond acceptors (Lipinski definition) is 5. The number of alkyl halides is 3. The Kier molecular flexibility index (Phi) is 8.18. The summed E-state index contributed by atoms with van der Waals surface area (Å²) in [7, 11) is 1.24. The Morgan fingerprint density at radius 2 is 1.91 bits per heavy atom. The van der Waals surface area contributed by atoms with Crippen LogP contribution in [0.5, 0.6) is 0 Å². The average molecular weight is 470 g/mol. The number of rotatable bonds is 9. The van der Waals surface area contributed by atoms with Crippen LogP contribution in [0.4, 0.5) is 18.9 Å². The summed E-state index contributed by atoms with van der Waals surface area (Å²) in [6, 6.07) is 3.80. The number of nitrogens with two attached hydrogens (primary N) is 1. The second-order valence-electron chi connectivity index (χ2n) is 7.87. The normalized spacial score (nSPS) is 18.9. The van der Waals surface area contributed by atoms with E-state index in [1.54, 1.807) is 6.92 Å². The minimum absolute atomic E-state index is 0.00705. The van der Waals surface area contributed by atoms with Crippen molar-refractivity contribution in [1.82, 2.24) is 10.6 Å². The van der Waals surface area contributed by atoms with Gasteiger partial charge in [0, 0.05) is 25.4 Å². The molecule has 0 aliphatic carbocycles. The highest BCUT2D eigenvalue weighted by Gasteiger charge is 2.37. The third-order valence-corrected chi connectivity index (χ3v) is 5.32. The van der Waals surface area contributed by atoms with E-state index in [0.29, 0.717) is 6.42 Å². The van der Waals surface area contributed by atoms with E-state index in [4.69, 9.17) is 5.73 Å². The first-order chi connectivity index (χ1) is 15.3. The maximum atomic E-state index is 12.9. The zero-order valence-corrected chi connectivity index (χ0v) is 18.0. The van der Waals surface area contributed by atoms with E-state index in [0.717, 1.165) is 0 Å². The van der Waals surface area contributed by atoms with Crippen LogP contribution in [-0.4, -0.2) is 48.7 Å². The van der Waals surface area contributed by atoms with Crippen LogP contribution in [0.1, 0.15) is 54.4 Å². The third kappa shape index (κ3) is 6.77. The van der Waals surface area contributed by atoms with Gasteiger partial charge in [-0.15, -0.1) is 0 Å². The van der Waals surface area contributed by atoms with Crippen molar-refractivity contribution in [2.75, 3.05) is 12.4 Å². The van der Waals surface area contributed by atoms with E-state index in [1.807, 2.05) is 0 Å². The Labute approximate surface area is 187 Å². The number of carbonyl (C=O) groups excluding carboxylic acids is 5. The van der Waals surface area contributed by atoms with Crippen LogP contribution in [0.25, 0.3) is 0 Å². The summed E-state index contributed by atoms with van der Waals surface area (Å²) in [5.74, 6) is -6.17. The topological polar surface area (TPSA) is 147 Å². The zero-order valence-electron chi connectivity index (χ0n) is 18.0. The van der Waals surface area contributed by atoms with Crippen molar-refractivity contribution in [3.63, 3.8) is 0 Å². The summed E-state index contributed by atoms with van der Waals surface area (Å²) in [6.07, 6.45) is -6.62. The molecule has 5 N–H and O–H groups in total. The van der Waals surface area contributed by atoms with Crippen molar-refractivity contribution in [3.8, 4) is 0 Å². The van der Waals surface area contributed by atoms with Crippen molar-refractivity contribution in [3.05, 3.63) is 29.3 Å². The van der Waals surface area contributed by atoms with Crippen molar-refractivity contribution in [1.29, 1.82) is 0 Å². The minimum Gasteiger partial charge on any atom is -0.366 e. The molecule has 33 heavy (non-hydrogen) atoms. The number of Topliss-reactive ketones (excluding diaryl/α,β-unsaturated/α-hetero) is 1. The van der Waals surface area contributed by atoms with E-state index in [1.165, 1.54) is 25.2 Å². The molecule has 0 spiro atoms. The van der Waals surface area contributed by atoms with Gasteiger partial charge in [-0.25, -0.2) is 0 Å². The fraction of sp³-hybridized carbons (Fsp3) is 0.476. The first-order valence-electron chi connectivity index (χ1n) is 10.2. The number of halogens is 3. The van der Waals surface area contributed by atoms with Gasteiger partial charge in [0.15, 0.2) is 0 Å². The number of benzene rings is 1. The number of hydrogen-bond donors (Lipinski definition) is 4. The smallest absolute Gasteiger partial charge is 0.366 e. The second kappa shape index (κ2) is 10.5. The summed E-state index contributed by atoms with van der Waals surface area (Å²) in [5.41, 5.74) is 4.87. The number of para-hydroxylation sites is 1. The summed E-state index contributed by atoms with van der Waals surface area (Å²) >= 11 is 0. The van der Waals surface area contributed by atoms with Crippen LogP contribution in [0.2, 0.25) is 0 Å². The molecule has 180 valence electrons. The number of primary amides is 1. The summed E-state index contributed by atoms with van der Waals surface area (Å²) in [4.78, 5) is 61.5. The zero-order chi connectivity index (χ0) is 24.9. The van der Waals surface area contributed by atoms with Crippen LogP contribution in [0.3, 0.4) is 0 Å². The molecule has 0 radical (unpaired) electrons. The van der Waals surface area contributed by atoms with Crippen molar-refractivity contribution >= 4 is 35.1 Å². The molecule has 3 atom stereocenters. The van der Waals surface area contributed by atoms with E-state index in [2.05, 4.69) is 16.0 Å². The highest BCUT2D eigenvalue weighted by Crippen LogP contribution is 2.36. The molecule has 0 bridgehead atoms. The molecule has 1 aliphatic heterocycles. The maximum Gasteiger partial charge on any atom is 0.389 e. The first-order valence-corrected chi connectivity index (χ1v) is 10.2. The fourth-order valence-corrected chi connectivity index (χ4v) is 3.76. The molecule has 1 fully saturated rings. The number of nitrogens with one attached hydrogen (secondary N) is 3. The van der Waals surface area contributed by atoms with E-state index in [9.17, 15) is 37.1 Å². The Morgan fingerprint density at radius 3 is 2.42 bits per heavy atom. The quantitative estimate of drug-likeness (QED) is 0.403. The SMILES string of the molecule is CNC(=O)C(=O)[C@@H](C[C@H]1C[C@@H](C)NC1=O)c1cccc(C(N)=O)c1NC(=O)CCC(F)(F)F. The Morgan fingerprint density at radius 1 is 1.24 bits per heavy atom. The lowest BCUT2D eigenvalue weighted by Crippen LogP contribution is -2.34. The van der Waals surface area contributed by atoms with Crippen molar-refractivity contribution < 1.29 is 37.1 Å². The predicted molar refractivity (Wildman–Crippen MR) is 111 cm³/mol. The monoisotopic (exact) mass is 470 g/mol. The lowest BCUT2D eigenvalue weighted by atomic mass is 9.82. The molecular formula is C21H25F3N4O5. The van der Waals surface area contributed by atoms with Gasteiger partial charge in [0.05, 0.1) is 23.6 Å². The van der Waals surface area contributed by atoms with Gasteiger partial charge in [-0.05, 0) is 31.4 Å². The summed E-state index contributed by atoms with van der Waals surface area (Å²) in [5, 5.41) is 7.16. The molecule has 12 heteroatoms. The average Bonchev–Trinajstić information content (AvgIpc) is 3.05. The molecular weight excluding hydrogens is 445 g/mol. The van der Waals surface area contributed by atoms with Gasteiger partial charge >= 0.3 is 6.18 Å². The van der Waals surface area contributed by atoms with Crippen LogP contribution in [0.15, 0.2) is 18.2 Å². The molecule has 1 heterocycles. The summed E-state index contributed by atoms with van der Waals surface area (Å²) < 4.78 is 37.6. The maximum absolute atomic E-state index is 12.9. The van der Waals surface area contributed by atoms with Gasteiger partial charge in [-0.1, -0.05) is 12.1 Å². The molecule has 1 aromatic carbocycles. The van der Waals surface area contributed by atoms with Gasteiger partial charge in [0.25, 0.3) is 11.8 Å². The Balaban J connectivity index is 2.50. The van der Waals surface area contributed by atoms with Crippen molar-refractivity contribution in [2.24, 2.45) is 11.7 Å². The number of likely N-dealkylation sites (N-methyl/N-ethyl adjacent to an activating group) is 1. The Bertz CT molecular complexity index is 964. The van der Waals surface area contributed by atoms with Gasteiger partial charge in [0.2, 0.25) is 17.6 Å². The number of anilines is 1. The minimum atomic E-state index is -4.58. The van der Waals surface area contributed by atoms with Crippen LogP contribution in [0, 0.1) is 5.92 Å². The molecule has 1 aliphatic rings. The van der Waals surface area contributed by atoms with Crippen LogP contribution >= 0.6 is 0 Å². The number of amides is 4. The highest BCUT2D eigenvalue weighted by molar-refractivity contribution is 6.38. The molecule has 4 amide bonds. The lowest BCUT2D eigenvalue weighted by Gasteiger charge is -2.23. The fourth-order valence-electron chi connectivity index (χ4n) is 3.76.